The molecule has 0 radical (unpaired) electrons. The van der Waals surface area contributed by atoms with E-state index in [1.807, 2.05) is 37.3 Å². The van der Waals surface area contributed by atoms with Gasteiger partial charge in [-0.3, -0.25) is 0 Å². The van der Waals surface area contributed by atoms with Gasteiger partial charge in [0.25, 0.3) is 0 Å². The minimum atomic E-state index is -0.165. The highest BCUT2D eigenvalue weighted by atomic mass is 16.5. The number of urea groups is 1. The molecule has 1 fully saturated rings. The van der Waals surface area contributed by atoms with E-state index in [1.54, 1.807) is 0 Å². The predicted octanol–water partition coefficient (Wildman–Crippen LogP) is 4.33. The molecule has 0 atom stereocenters. The monoisotopic (exact) mass is 324 g/mol. The Balaban J connectivity index is 1.55. The fourth-order valence-electron chi connectivity index (χ4n) is 3.19. The molecule has 2 aromatic carbocycles. The molecular formula is C20H24N2O2. The zero-order valence-corrected chi connectivity index (χ0v) is 14.0. The maximum Gasteiger partial charge on any atom is 0.319 e. The largest absolute Gasteiger partial charge is 0.494 e. The Morgan fingerprint density at radius 2 is 1.79 bits per heavy atom. The number of amides is 2. The second-order valence-electron chi connectivity index (χ2n) is 6.26. The van der Waals surface area contributed by atoms with E-state index in [9.17, 15) is 4.79 Å². The van der Waals surface area contributed by atoms with Crippen molar-refractivity contribution in [1.29, 1.82) is 0 Å². The highest BCUT2D eigenvalue weighted by molar-refractivity contribution is 5.89. The number of benzene rings is 2. The van der Waals surface area contributed by atoms with E-state index in [1.165, 1.54) is 12.0 Å². The lowest BCUT2D eigenvalue weighted by Gasteiger charge is -2.42. The summed E-state index contributed by atoms with van der Waals surface area (Å²) in [5, 5.41) is 5.91. The number of hydrogen-bond donors (Lipinski definition) is 2. The first-order valence-electron chi connectivity index (χ1n) is 8.55. The average molecular weight is 324 g/mol. The van der Waals surface area contributed by atoms with Crippen LogP contribution in [0.2, 0.25) is 0 Å². The van der Waals surface area contributed by atoms with E-state index in [2.05, 4.69) is 34.9 Å². The van der Waals surface area contributed by atoms with Crippen molar-refractivity contribution in [2.45, 2.75) is 31.6 Å². The second kappa shape index (κ2) is 7.39. The van der Waals surface area contributed by atoms with E-state index in [4.69, 9.17) is 4.74 Å². The quantitative estimate of drug-likeness (QED) is 0.831. The molecule has 2 N–H and O–H groups in total. The minimum absolute atomic E-state index is 0.0947. The van der Waals surface area contributed by atoms with Gasteiger partial charge in [0, 0.05) is 17.6 Å². The van der Waals surface area contributed by atoms with Crippen LogP contribution in [0.15, 0.2) is 54.6 Å². The Bertz CT molecular complexity index is 664. The van der Waals surface area contributed by atoms with Crippen molar-refractivity contribution < 1.29 is 9.53 Å². The molecule has 0 aliphatic heterocycles. The van der Waals surface area contributed by atoms with Crippen molar-refractivity contribution in [3.05, 3.63) is 60.2 Å². The molecule has 0 unspecified atom stereocenters. The van der Waals surface area contributed by atoms with Gasteiger partial charge in [0.15, 0.2) is 0 Å². The number of carbonyl (C=O) groups is 1. The van der Waals surface area contributed by atoms with E-state index < -0.39 is 0 Å². The van der Waals surface area contributed by atoms with Gasteiger partial charge in [0.2, 0.25) is 0 Å². The first kappa shape index (κ1) is 16.4. The average Bonchev–Trinajstić information content (AvgIpc) is 2.57. The van der Waals surface area contributed by atoms with Crippen LogP contribution in [0.25, 0.3) is 0 Å². The van der Waals surface area contributed by atoms with Crippen LogP contribution >= 0.6 is 0 Å². The fourth-order valence-corrected chi connectivity index (χ4v) is 3.19. The Kier molecular flexibility index (Phi) is 5.04. The predicted molar refractivity (Wildman–Crippen MR) is 96.6 cm³/mol. The number of nitrogens with one attached hydrogen (secondary N) is 2. The summed E-state index contributed by atoms with van der Waals surface area (Å²) in [7, 11) is 0. The lowest BCUT2D eigenvalue weighted by Crippen LogP contribution is -2.46. The van der Waals surface area contributed by atoms with E-state index in [-0.39, 0.29) is 11.4 Å². The van der Waals surface area contributed by atoms with Crippen molar-refractivity contribution in [3.8, 4) is 5.75 Å². The lowest BCUT2D eigenvalue weighted by atomic mass is 9.64. The highest BCUT2D eigenvalue weighted by Crippen LogP contribution is 2.43. The molecule has 1 aliphatic rings. The van der Waals surface area contributed by atoms with E-state index in [0.717, 1.165) is 24.3 Å². The maximum absolute atomic E-state index is 12.2. The molecule has 0 heterocycles. The van der Waals surface area contributed by atoms with Crippen LogP contribution in [0.1, 0.15) is 31.7 Å². The van der Waals surface area contributed by atoms with Crippen LogP contribution in [0, 0.1) is 0 Å². The van der Waals surface area contributed by atoms with E-state index in [0.29, 0.717) is 13.2 Å². The van der Waals surface area contributed by atoms with Crippen molar-refractivity contribution in [2.24, 2.45) is 0 Å². The zero-order chi connectivity index (χ0) is 16.8. The molecule has 24 heavy (non-hydrogen) atoms. The molecule has 0 bridgehead atoms. The van der Waals surface area contributed by atoms with Gasteiger partial charge in [0.1, 0.15) is 5.75 Å². The van der Waals surface area contributed by atoms with Gasteiger partial charge in [-0.25, -0.2) is 4.79 Å². The highest BCUT2D eigenvalue weighted by Gasteiger charge is 2.38. The minimum Gasteiger partial charge on any atom is -0.494 e. The third-order valence-corrected chi connectivity index (χ3v) is 4.71. The van der Waals surface area contributed by atoms with Crippen LogP contribution in [0.4, 0.5) is 10.5 Å². The molecule has 4 heteroatoms. The van der Waals surface area contributed by atoms with Crippen molar-refractivity contribution in [1.82, 2.24) is 5.32 Å². The van der Waals surface area contributed by atoms with Gasteiger partial charge in [-0.05, 0) is 49.6 Å². The van der Waals surface area contributed by atoms with Crippen LogP contribution in [0.3, 0.4) is 0 Å². The summed E-state index contributed by atoms with van der Waals surface area (Å²) in [6.07, 6.45) is 3.47. The normalized spacial score (nSPS) is 15.2. The Morgan fingerprint density at radius 1 is 1.08 bits per heavy atom. The van der Waals surface area contributed by atoms with Gasteiger partial charge in [-0.15, -0.1) is 0 Å². The smallest absolute Gasteiger partial charge is 0.319 e. The topological polar surface area (TPSA) is 50.4 Å². The third kappa shape index (κ3) is 3.70. The van der Waals surface area contributed by atoms with Crippen molar-refractivity contribution in [2.75, 3.05) is 18.5 Å². The fraction of sp³-hybridized carbons (Fsp3) is 0.350. The molecule has 0 spiro atoms. The molecule has 126 valence electrons. The summed E-state index contributed by atoms with van der Waals surface area (Å²) in [4.78, 5) is 12.2. The summed E-state index contributed by atoms with van der Waals surface area (Å²) in [5.74, 6) is 0.806. The van der Waals surface area contributed by atoms with Crippen LogP contribution in [-0.2, 0) is 5.41 Å². The number of carbonyl (C=O) groups excluding carboxylic acids is 1. The first-order valence-corrected chi connectivity index (χ1v) is 8.55. The molecule has 0 saturated heterocycles. The summed E-state index contributed by atoms with van der Waals surface area (Å²) in [5.41, 5.74) is 2.17. The molecule has 1 aliphatic carbocycles. The van der Waals surface area contributed by atoms with Crippen LogP contribution in [-0.4, -0.2) is 19.2 Å². The number of anilines is 1. The summed E-state index contributed by atoms with van der Waals surface area (Å²) in [6.45, 7) is 3.25. The molecule has 4 nitrogen and oxygen atoms in total. The molecule has 3 rings (SSSR count). The van der Waals surface area contributed by atoms with Gasteiger partial charge in [0.05, 0.1) is 6.61 Å². The molecule has 2 aromatic rings. The van der Waals surface area contributed by atoms with Gasteiger partial charge >= 0.3 is 6.03 Å². The second-order valence-corrected chi connectivity index (χ2v) is 6.26. The van der Waals surface area contributed by atoms with Gasteiger partial charge in [-0.2, -0.15) is 0 Å². The third-order valence-electron chi connectivity index (χ3n) is 4.71. The zero-order valence-electron chi connectivity index (χ0n) is 14.0. The lowest BCUT2D eigenvalue weighted by molar-refractivity contribution is 0.222. The molecule has 0 aromatic heterocycles. The van der Waals surface area contributed by atoms with E-state index >= 15 is 0 Å². The van der Waals surface area contributed by atoms with Crippen molar-refractivity contribution in [3.63, 3.8) is 0 Å². The molecule has 2 amide bonds. The van der Waals surface area contributed by atoms with Crippen LogP contribution < -0.4 is 15.4 Å². The van der Waals surface area contributed by atoms with Crippen LogP contribution in [0.5, 0.6) is 5.75 Å². The standard InChI is InChI=1S/C20H24N2O2/c1-2-24-18-11-9-17(10-12-18)22-19(23)21-15-20(13-6-14-20)16-7-4-3-5-8-16/h3-5,7-12H,2,6,13-15H2,1H3,(H2,21,22,23). The summed E-state index contributed by atoms with van der Waals surface area (Å²) in [6, 6.07) is 17.7. The van der Waals surface area contributed by atoms with Gasteiger partial charge in [-0.1, -0.05) is 36.8 Å². The Hall–Kier alpha value is -2.49. The maximum atomic E-state index is 12.2. The summed E-state index contributed by atoms with van der Waals surface area (Å²) >= 11 is 0. The summed E-state index contributed by atoms with van der Waals surface area (Å²) < 4.78 is 5.40. The number of hydrogen-bond acceptors (Lipinski definition) is 2. The molecule has 1 saturated carbocycles. The SMILES string of the molecule is CCOc1ccc(NC(=O)NCC2(c3ccccc3)CCC2)cc1. The number of rotatable bonds is 6. The van der Waals surface area contributed by atoms with Gasteiger partial charge < -0.3 is 15.4 Å². The molecular weight excluding hydrogens is 300 g/mol. The van der Waals surface area contributed by atoms with Crippen molar-refractivity contribution >= 4 is 11.7 Å². The Labute approximate surface area is 143 Å². The first-order chi connectivity index (χ1) is 11.7. The number of ether oxygens (including phenoxy) is 1. The Morgan fingerprint density at radius 3 is 2.38 bits per heavy atom.